The Bertz CT molecular complexity index is 1060. The molecule has 0 heterocycles. The molecule has 0 bridgehead atoms. The molecule has 0 aromatic rings. The Hall–Kier alpha value is -1.96. The first kappa shape index (κ1) is 51.0. The maximum absolute atomic E-state index is 12.5. The van der Waals surface area contributed by atoms with E-state index < -0.39 is 28.0 Å². The van der Waals surface area contributed by atoms with E-state index >= 15 is 0 Å². The fraction of sp³-hybridized carbons (Fsp3) is 0.761. The third kappa shape index (κ3) is 41.1. The van der Waals surface area contributed by atoms with Crippen molar-refractivity contribution in [2.24, 2.45) is 0 Å². The minimum absolute atomic E-state index is 0.266. The largest absolute Gasteiger partial charge is 0.387 e. The van der Waals surface area contributed by atoms with E-state index in [0.717, 1.165) is 70.6 Å². The quantitative estimate of drug-likeness (QED) is 0.0329. The molecule has 1 amide bonds. The van der Waals surface area contributed by atoms with Gasteiger partial charge in [-0.2, -0.15) is 8.42 Å². The first-order valence-electron chi connectivity index (χ1n) is 22.0. The van der Waals surface area contributed by atoms with Crippen LogP contribution in [0.2, 0.25) is 0 Å². The highest BCUT2D eigenvalue weighted by Crippen LogP contribution is 2.15. The molecule has 2 atom stereocenters. The van der Waals surface area contributed by atoms with Gasteiger partial charge in [-0.25, -0.2) is 0 Å². The third-order valence-electron chi connectivity index (χ3n) is 9.70. The number of carbonyl (C=O) groups excluding carboxylic acids is 1. The van der Waals surface area contributed by atoms with Crippen LogP contribution in [0.3, 0.4) is 0 Å². The SMILES string of the molecule is CC/C=C\C/C=C\C/C=C\C/C=C\CCCCCCC(=O)NC(CS(=O)(=O)O)C(O)/C=C/CCCCCCCCCCCCCCCCCCCCC. The highest BCUT2D eigenvalue weighted by Gasteiger charge is 2.24. The van der Waals surface area contributed by atoms with Gasteiger partial charge >= 0.3 is 0 Å². The maximum atomic E-state index is 12.5. The minimum Gasteiger partial charge on any atom is -0.387 e. The summed E-state index contributed by atoms with van der Waals surface area (Å²) in [5, 5.41) is 13.2. The lowest BCUT2D eigenvalue weighted by atomic mass is 10.0. The molecule has 0 fully saturated rings. The van der Waals surface area contributed by atoms with Gasteiger partial charge in [-0.1, -0.05) is 203 Å². The van der Waals surface area contributed by atoms with Crippen LogP contribution in [0.15, 0.2) is 60.8 Å². The molecule has 308 valence electrons. The van der Waals surface area contributed by atoms with Crippen LogP contribution in [-0.2, 0) is 14.9 Å². The van der Waals surface area contributed by atoms with Crippen molar-refractivity contribution in [3.63, 3.8) is 0 Å². The van der Waals surface area contributed by atoms with E-state index in [0.29, 0.717) is 6.42 Å². The first-order valence-corrected chi connectivity index (χ1v) is 23.6. The number of hydrogen-bond acceptors (Lipinski definition) is 4. The summed E-state index contributed by atoms with van der Waals surface area (Å²) in [4.78, 5) is 12.5. The number of allylic oxidation sites excluding steroid dienone is 9. The van der Waals surface area contributed by atoms with Gasteiger partial charge in [0.1, 0.15) is 0 Å². The number of aliphatic hydroxyl groups excluding tert-OH is 1. The number of hydrogen-bond donors (Lipinski definition) is 3. The van der Waals surface area contributed by atoms with Crippen LogP contribution in [-0.4, -0.2) is 41.9 Å². The van der Waals surface area contributed by atoms with Crippen LogP contribution in [0.4, 0.5) is 0 Å². The molecule has 0 aliphatic heterocycles. The standard InChI is InChI=1S/C46H83NO5S/c1-3-5-7-9-11-13-15-17-19-21-22-23-24-26-27-29-31-33-35-37-39-41-45(48)44(43-53(50,51)52)47-46(49)42-40-38-36-34-32-30-28-25-20-18-16-14-12-10-8-6-4-2/h6,8,12,14,18,20,28,30,39,41,44-45,48H,3-5,7,9-11,13,15-17,19,21-27,29,31-38,40,42-43H2,1-2H3,(H,47,49)(H,50,51,52)/b8-6-,14-12-,20-18-,30-28-,41-39+. The molecule has 6 nitrogen and oxygen atoms in total. The van der Waals surface area contributed by atoms with E-state index in [1.54, 1.807) is 6.08 Å². The van der Waals surface area contributed by atoms with Crippen LogP contribution in [0.5, 0.6) is 0 Å². The second-order valence-electron chi connectivity index (χ2n) is 14.9. The molecule has 53 heavy (non-hydrogen) atoms. The average molecular weight is 762 g/mol. The number of aliphatic hydroxyl groups is 1. The predicted octanol–water partition coefficient (Wildman–Crippen LogP) is 13.2. The predicted molar refractivity (Wildman–Crippen MR) is 230 cm³/mol. The van der Waals surface area contributed by atoms with E-state index in [-0.39, 0.29) is 12.3 Å². The summed E-state index contributed by atoms with van der Waals surface area (Å²) in [5.74, 6) is -1.01. The molecule has 0 aliphatic rings. The number of nitrogens with one attached hydrogen (secondary N) is 1. The van der Waals surface area contributed by atoms with Gasteiger partial charge in [0, 0.05) is 6.42 Å². The van der Waals surface area contributed by atoms with Crippen LogP contribution in [0, 0.1) is 0 Å². The molecule has 0 aromatic carbocycles. The van der Waals surface area contributed by atoms with Crippen molar-refractivity contribution in [2.45, 2.75) is 219 Å². The Morgan fingerprint density at radius 3 is 1.34 bits per heavy atom. The van der Waals surface area contributed by atoms with Crippen LogP contribution < -0.4 is 5.32 Å². The summed E-state index contributed by atoms with van der Waals surface area (Å²) in [6.45, 7) is 4.42. The lowest BCUT2D eigenvalue weighted by molar-refractivity contribution is -0.122. The number of unbranched alkanes of at least 4 members (excludes halogenated alkanes) is 23. The van der Waals surface area contributed by atoms with Crippen molar-refractivity contribution in [3.8, 4) is 0 Å². The molecule has 0 spiro atoms. The summed E-state index contributed by atoms with van der Waals surface area (Å²) in [5.41, 5.74) is 0. The van der Waals surface area contributed by atoms with E-state index in [2.05, 4.69) is 67.8 Å². The molecule has 0 aromatic heterocycles. The number of amides is 1. The van der Waals surface area contributed by atoms with Gasteiger partial charge in [0.2, 0.25) is 5.91 Å². The van der Waals surface area contributed by atoms with Crippen LogP contribution in [0.25, 0.3) is 0 Å². The summed E-state index contributed by atoms with van der Waals surface area (Å²) in [7, 11) is -4.36. The minimum atomic E-state index is -4.36. The van der Waals surface area contributed by atoms with Gasteiger partial charge < -0.3 is 10.4 Å². The average Bonchev–Trinajstić information content (AvgIpc) is 3.12. The lowest BCUT2D eigenvalue weighted by Gasteiger charge is -2.21. The van der Waals surface area contributed by atoms with Gasteiger partial charge in [0.05, 0.1) is 17.9 Å². The summed E-state index contributed by atoms with van der Waals surface area (Å²) >= 11 is 0. The van der Waals surface area contributed by atoms with Crippen molar-refractivity contribution in [3.05, 3.63) is 60.8 Å². The fourth-order valence-corrected chi connectivity index (χ4v) is 7.18. The zero-order chi connectivity index (χ0) is 38.9. The maximum Gasteiger partial charge on any atom is 0.267 e. The van der Waals surface area contributed by atoms with Crippen LogP contribution in [0.1, 0.15) is 206 Å². The van der Waals surface area contributed by atoms with Gasteiger partial charge in [-0.05, 0) is 57.8 Å². The summed E-state index contributed by atoms with van der Waals surface area (Å²) < 4.78 is 32.5. The second-order valence-corrected chi connectivity index (χ2v) is 16.4. The molecular weight excluding hydrogens is 679 g/mol. The molecule has 0 saturated carbocycles. The molecule has 0 rings (SSSR count). The Labute approximate surface area is 328 Å². The van der Waals surface area contributed by atoms with E-state index in [1.807, 2.05) is 6.08 Å². The van der Waals surface area contributed by atoms with E-state index in [1.165, 1.54) is 109 Å². The van der Waals surface area contributed by atoms with E-state index in [4.69, 9.17) is 0 Å². The van der Waals surface area contributed by atoms with E-state index in [9.17, 15) is 22.9 Å². The smallest absolute Gasteiger partial charge is 0.267 e. The van der Waals surface area contributed by atoms with Gasteiger partial charge in [0.25, 0.3) is 10.1 Å². The number of carbonyl (C=O) groups is 1. The second kappa shape index (κ2) is 39.7. The molecule has 0 radical (unpaired) electrons. The van der Waals surface area contributed by atoms with Crippen LogP contribution >= 0.6 is 0 Å². The molecule has 7 heteroatoms. The Morgan fingerprint density at radius 1 is 0.528 bits per heavy atom. The van der Waals surface area contributed by atoms with Crippen molar-refractivity contribution < 1.29 is 22.9 Å². The van der Waals surface area contributed by atoms with Gasteiger partial charge in [0.15, 0.2) is 0 Å². The van der Waals surface area contributed by atoms with Gasteiger partial charge in [-0.15, -0.1) is 0 Å². The molecule has 2 unspecified atom stereocenters. The van der Waals surface area contributed by atoms with Crippen molar-refractivity contribution in [2.75, 3.05) is 5.75 Å². The fourth-order valence-electron chi connectivity index (χ4n) is 6.44. The zero-order valence-electron chi connectivity index (χ0n) is 34.4. The molecule has 0 saturated heterocycles. The topological polar surface area (TPSA) is 104 Å². The van der Waals surface area contributed by atoms with Gasteiger partial charge in [-0.3, -0.25) is 9.35 Å². The van der Waals surface area contributed by atoms with Crippen molar-refractivity contribution in [1.82, 2.24) is 5.32 Å². The van der Waals surface area contributed by atoms with Crippen molar-refractivity contribution in [1.29, 1.82) is 0 Å². The Balaban J connectivity index is 3.92. The molecular formula is C46H83NO5S. The van der Waals surface area contributed by atoms with Crippen molar-refractivity contribution >= 4 is 16.0 Å². The normalized spacial score (nSPS) is 13.8. The first-order chi connectivity index (χ1) is 25.8. The monoisotopic (exact) mass is 762 g/mol. The number of rotatable bonds is 39. The molecule has 0 aliphatic carbocycles. The molecule has 3 N–H and O–H groups in total. The highest BCUT2D eigenvalue weighted by molar-refractivity contribution is 7.85. The summed E-state index contributed by atoms with van der Waals surface area (Å²) in [6.07, 6.45) is 55.0. The Morgan fingerprint density at radius 2 is 0.906 bits per heavy atom. The zero-order valence-corrected chi connectivity index (χ0v) is 35.2. The third-order valence-corrected chi connectivity index (χ3v) is 10.5. The highest BCUT2D eigenvalue weighted by atomic mass is 32.2. The lowest BCUT2D eigenvalue weighted by Crippen LogP contribution is -2.46. The summed E-state index contributed by atoms with van der Waals surface area (Å²) in [6, 6.07) is -1.07. The Kier molecular flexibility index (Phi) is 38.3.